The summed E-state index contributed by atoms with van der Waals surface area (Å²) in [6.45, 7) is 2.31. The summed E-state index contributed by atoms with van der Waals surface area (Å²) in [6.07, 6.45) is 0.883. The zero-order chi connectivity index (χ0) is 14.1. The van der Waals surface area contributed by atoms with Gasteiger partial charge in [0.05, 0.1) is 6.54 Å². The molecule has 6 nitrogen and oxygen atoms in total. The molecule has 0 aliphatic heterocycles. The molecular weight excluding hydrogens is 256 g/mol. The average molecular weight is 272 g/mol. The number of rotatable bonds is 4. The van der Waals surface area contributed by atoms with Crippen molar-refractivity contribution in [1.29, 1.82) is 0 Å². The van der Waals surface area contributed by atoms with E-state index in [0.29, 0.717) is 11.7 Å². The average Bonchev–Trinajstić information content (AvgIpc) is 3.12. The Bertz CT molecular complexity index is 688. The van der Waals surface area contributed by atoms with Crippen molar-refractivity contribution in [1.82, 2.24) is 20.5 Å². The van der Waals surface area contributed by atoms with Crippen molar-refractivity contribution >= 4 is 5.91 Å². The molecule has 2 atom stereocenters. The molecule has 0 bridgehead atoms. The Kier molecular flexibility index (Phi) is 3.14. The first kappa shape index (κ1) is 12.7. The first-order valence-corrected chi connectivity index (χ1v) is 6.62. The van der Waals surface area contributed by atoms with Gasteiger partial charge in [0.1, 0.15) is 5.82 Å². The third-order valence-corrected chi connectivity index (χ3v) is 3.70. The van der Waals surface area contributed by atoms with Crippen LogP contribution in [0.3, 0.4) is 0 Å². The minimum atomic E-state index is -0.363. The lowest BCUT2D eigenvalue weighted by atomic mass is 10.0. The molecular formula is C14H16N4O2. The van der Waals surface area contributed by atoms with Crippen molar-refractivity contribution in [3.63, 3.8) is 0 Å². The molecule has 3 rings (SSSR count). The second-order valence-corrected chi connectivity index (χ2v) is 5.15. The highest BCUT2D eigenvalue weighted by atomic mass is 16.2. The molecule has 1 aromatic heterocycles. The van der Waals surface area contributed by atoms with E-state index in [4.69, 9.17) is 0 Å². The fraction of sp³-hybridized carbons (Fsp3) is 0.357. The van der Waals surface area contributed by atoms with Crippen LogP contribution in [0.5, 0.6) is 0 Å². The van der Waals surface area contributed by atoms with Gasteiger partial charge in [-0.1, -0.05) is 24.3 Å². The van der Waals surface area contributed by atoms with Gasteiger partial charge in [-0.15, -0.1) is 0 Å². The summed E-state index contributed by atoms with van der Waals surface area (Å²) >= 11 is 0. The van der Waals surface area contributed by atoms with Crippen LogP contribution in [0, 0.1) is 12.8 Å². The SMILES string of the molecule is Cc1ccccc1[C@H]1C[C@H]1C(=O)NCc1n[nH]c(=O)[nH]1. The van der Waals surface area contributed by atoms with Gasteiger partial charge < -0.3 is 5.32 Å². The van der Waals surface area contributed by atoms with Crippen LogP contribution in [-0.4, -0.2) is 21.1 Å². The summed E-state index contributed by atoms with van der Waals surface area (Å²) in [7, 11) is 0. The van der Waals surface area contributed by atoms with Crippen LogP contribution in [0.25, 0.3) is 0 Å². The molecule has 3 N–H and O–H groups in total. The maximum atomic E-state index is 12.0. The molecule has 0 saturated heterocycles. The van der Waals surface area contributed by atoms with E-state index in [-0.39, 0.29) is 24.1 Å². The standard InChI is InChI=1S/C14H16N4O2/c1-8-4-2-3-5-9(8)10-6-11(10)13(19)15-7-12-16-14(20)18-17-12/h2-5,10-11H,6-7H2,1H3,(H,15,19)(H2,16,17,18,20)/t10-,11-/m1/s1. The number of benzene rings is 1. The second-order valence-electron chi connectivity index (χ2n) is 5.15. The molecule has 1 aliphatic carbocycles. The topological polar surface area (TPSA) is 90.6 Å². The van der Waals surface area contributed by atoms with E-state index < -0.39 is 0 Å². The number of nitrogens with one attached hydrogen (secondary N) is 3. The number of aromatic amines is 2. The monoisotopic (exact) mass is 272 g/mol. The molecule has 1 aromatic carbocycles. The van der Waals surface area contributed by atoms with Gasteiger partial charge in [0.25, 0.3) is 0 Å². The Morgan fingerprint density at radius 3 is 2.95 bits per heavy atom. The van der Waals surface area contributed by atoms with Gasteiger partial charge >= 0.3 is 5.69 Å². The number of carbonyl (C=O) groups is 1. The van der Waals surface area contributed by atoms with Gasteiger partial charge in [0, 0.05) is 5.92 Å². The first-order valence-electron chi connectivity index (χ1n) is 6.62. The van der Waals surface area contributed by atoms with Gasteiger partial charge in [-0.05, 0) is 30.4 Å². The second kappa shape index (κ2) is 4.96. The summed E-state index contributed by atoms with van der Waals surface area (Å²) in [5.74, 6) is 0.801. The zero-order valence-electron chi connectivity index (χ0n) is 11.1. The summed E-state index contributed by atoms with van der Waals surface area (Å²) in [4.78, 5) is 25.4. The van der Waals surface area contributed by atoms with Crippen molar-refractivity contribution in [3.05, 3.63) is 51.7 Å². The van der Waals surface area contributed by atoms with Crippen molar-refractivity contribution in [2.75, 3.05) is 0 Å². The van der Waals surface area contributed by atoms with E-state index >= 15 is 0 Å². The van der Waals surface area contributed by atoms with Crippen LogP contribution in [-0.2, 0) is 11.3 Å². The first-order chi connectivity index (χ1) is 9.65. The lowest BCUT2D eigenvalue weighted by Crippen LogP contribution is -2.25. The highest BCUT2D eigenvalue weighted by Crippen LogP contribution is 2.48. The van der Waals surface area contributed by atoms with E-state index in [1.807, 2.05) is 12.1 Å². The maximum absolute atomic E-state index is 12.0. The third kappa shape index (κ3) is 2.49. The molecule has 1 amide bonds. The smallest absolute Gasteiger partial charge is 0.340 e. The van der Waals surface area contributed by atoms with Crippen LogP contribution in [0.2, 0.25) is 0 Å². The fourth-order valence-electron chi connectivity index (χ4n) is 2.52. The molecule has 0 spiro atoms. The quantitative estimate of drug-likeness (QED) is 0.769. The minimum absolute atomic E-state index is 0.0158. The van der Waals surface area contributed by atoms with Gasteiger partial charge in [0.15, 0.2) is 0 Å². The number of H-pyrrole nitrogens is 2. The molecule has 2 aromatic rings. The van der Waals surface area contributed by atoms with Crippen LogP contribution >= 0.6 is 0 Å². The van der Waals surface area contributed by atoms with Crippen LogP contribution in [0.4, 0.5) is 0 Å². The molecule has 0 unspecified atom stereocenters. The molecule has 0 radical (unpaired) electrons. The van der Waals surface area contributed by atoms with Gasteiger partial charge in [-0.3, -0.25) is 9.78 Å². The molecule has 6 heteroatoms. The number of aromatic nitrogens is 3. The molecule has 1 heterocycles. The molecule has 104 valence electrons. The number of aryl methyl sites for hydroxylation is 1. The predicted octanol–water partition coefficient (Wildman–Crippen LogP) is 0.826. The normalized spacial score (nSPS) is 20.6. The van der Waals surface area contributed by atoms with Crippen LogP contribution < -0.4 is 11.0 Å². The minimum Gasteiger partial charge on any atom is -0.349 e. The number of carbonyl (C=O) groups excluding carboxylic acids is 1. The Morgan fingerprint density at radius 2 is 2.25 bits per heavy atom. The number of nitrogens with zero attached hydrogens (tertiary/aromatic N) is 1. The largest absolute Gasteiger partial charge is 0.349 e. The Morgan fingerprint density at radius 1 is 1.45 bits per heavy atom. The highest BCUT2D eigenvalue weighted by molar-refractivity contribution is 5.82. The summed E-state index contributed by atoms with van der Waals surface area (Å²) in [5.41, 5.74) is 2.11. The number of amides is 1. The van der Waals surface area contributed by atoms with Crippen molar-refractivity contribution in [2.24, 2.45) is 5.92 Å². The van der Waals surface area contributed by atoms with Crippen LogP contribution in [0.15, 0.2) is 29.1 Å². The lowest BCUT2D eigenvalue weighted by molar-refractivity contribution is -0.122. The Labute approximate surface area is 115 Å². The zero-order valence-corrected chi connectivity index (χ0v) is 11.1. The number of hydrogen-bond acceptors (Lipinski definition) is 3. The molecule has 1 fully saturated rings. The Hall–Kier alpha value is -2.37. The maximum Gasteiger partial charge on any atom is 0.340 e. The van der Waals surface area contributed by atoms with Crippen molar-refractivity contribution in [2.45, 2.75) is 25.8 Å². The van der Waals surface area contributed by atoms with E-state index in [0.717, 1.165) is 6.42 Å². The number of hydrogen-bond donors (Lipinski definition) is 3. The fourth-order valence-corrected chi connectivity index (χ4v) is 2.52. The van der Waals surface area contributed by atoms with E-state index in [9.17, 15) is 9.59 Å². The summed E-state index contributed by atoms with van der Waals surface area (Å²) in [5, 5.41) is 8.82. The molecule has 20 heavy (non-hydrogen) atoms. The van der Waals surface area contributed by atoms with Gasteiger partial charge in [-0.2, -0.15) is 5.10 Å². The van der Waals surface area contributed by atoms with Gasteiger partial charge in [0.2, 0.25) is 5.91 Å². The lowest BCUT2D eigenvalue weighted by Gasteiger charge is -2.05. The summed E-state index contributed by atoms with van der Waals surface area (Å²) < 4.78 is 0. The highest BCUT2D eigenvalue weighted by Gasteiger charge is 2.44. The van der Waals surface area contributed by atoms with E-state index in [2.05, 4.69) is 39.6 Å². The van der Waals surface area contributed by atoms with Crippen LogP contribution in [0.1, 0.15) is 29.3 Å². The molecule has 1 saturated carbocycles. The Balaban J connectivity index is 1.58. The van der Waals surface area contributed by atoms with E-state index in [1.54, 1.807) is 0 Å². The predicted molar refractivity (Wildman–Crippen MR) is 73.1 cm³/mol. The van der Waals surface area contributed by atoms with Gasteiger partial charge in [-0.25, -0.2) is 9.89 Å². The molecule has 1 aliphatic rings. The summed E-state index contributed by atoms with van der Waals surface area (Å²) in [6, 6.07) is 8.16. The van der Waals surface area contributed by atoms with Crippen molar-refractivity contribution < 1.29 is 4.79 Å². The van der Waals surface area contributed by atoms with Crippen molar-refractivity contribution in [3.8, 4) is 0 Å². The third-order valence-electron chi connectivity index (χ3n) is 3.70. The van der Waals surface area contributed by atoms with E-state index in [1.165, 1.54) is 11.1 Å².